The third kappa shape index (κ3) is 2.46. The van der Waals surface area contributed by atoms with Crippen molar-refractivity contribution in [2.75, 3.05) is 0 Å². The number of aromatic amines is 1. The molecule has 26 heavy (non-hydrogen) atoms. The summed E-state index contributed by atoms with van der Waals surface area (Å²) >= 11 is 3.77. The Morgan fingerprint density at radius 3 is 2.19 bits per heavy atom. The molecular weight excluding hydrogens is 382 g/mol. The summed E-state index contributed by atoms with van der Waals surface area (Å²) in [5.41, 5.74) is 7.21. The minimum absolute atomic E-state index is 1.11. The van der Waals surface area contributed by atoms with Gasteiger partial charge in [0.1, 0.15) is 0 Å². The smallest absolute Gasteiger partial charge is 0.0544 e. The maximum Gasteiger partial charge on any atom is 0.0544 e. The summed E-state index contributed by atoms with van der Waals surface area (Å²) in [4.78, 5) is 3.60. The molecule has 2 heteroatoms. The first-order valence-electron chi connectivity index (χ1n) is 8.66. The van der Waals surface area contributed by atoms with E-state index in [-0.39, 0.29) is 0 Å². The maximum atomic E-state index is 3.77. The highest BCUT2D eigenvalue weighted by Gasteiger charge is 2.11. The summed E-state index contributed by atoms with van der Waals surface area (Å²) in [5.74, 6) is 0. The zero-order valence-electron chi connectivity index (χ0n) is 14.0. The quantitative estimate of drug-likeness (QED) is 0.319. The molecule has 0 radical (unpaired) electrons. The Morgan fingerprint density at radius 2 is 1.35 bits per heavy atom. The van der Waals surface area contributed by atoms with Crippen molar-refractivity contribution >= 4 is 37.7 Å². The number of rotatable bonds is 2. The van der Waals surface area contributed by atoms with Crippen molar-refractivity contribution < 1.29 is 0 Å². The van der Waals surface area contributed by atoms with Gasteiger partial charge in [-0.2, -0.15) is 0 Å². The van der Waals surface area contributed by atoms with Gasteiger partial charge >= 0.3 is 0 Å². The Morgan fingerprint density at radius 1 is 0.577 bits per heavy atom. The Balaban J connectivity index is 1.70. The minimum atomic E-state index is 1.11. The van der Waals surface area contributed by atoms with Crippen LogP contribution < -0.4 is 0 Å². The number of nitrogens with one attached hydrogen (secondary N) is 1. The fourth-order valence-corrected chi connectivity index (χ4v) is 4.26. The molecule has 0 unspecified atom stereocenters. The second-order valence-corrected chi connectivity index (χ2v) is 7.31. The molecule has 0 atom stereocenters. The minimum Gasteiger partial charge on any atom is -0.354 e. The van der Waals surface area contributed by atoms with E-state index in [1.54, 1.807) is 0 Å². The highest BCUT2D eigenvalue weighted by Crippen LogP contribution is 2.36. The largest absolute Gasteiger partial charge is 0.354 e. The van der Waals surface area contributed by atoms with Crippen LogP contribution in [0.2, 0.25) is 0 Å². The molecule has 1 heterocycles. The van der Waals surface area contributed by atoms with Crippen molar-refractivity contribution in [3.05, 3.63) is 95.5 Å². The molecule has 0 aliphatic carbocycles. The van der Waals surface area contributed by atoms with E-state index in [0.717, 1.165) is 4.47 Å². The van der Waals surface area contributed by atoms with Crippen LogP contribution in [0.15, 0.2) is 95.5 Å². The molecule has 0 fully saturated rings. The molecule has 1 aromatic heterocycles. The maximum absolute atomic E-state index is 3.77. The van der Waals surface area contributed by atoms with Crippen LogP contribution in [0, 0.1) is 0 Å². The lowest BCUT2D eigenvalue weighted by atomic mass is 9.98. The number of hydrogen-bond acceptors (Lipinski definition) is 0. The van der Waals surface area contributed by atoms with Crippen molar-refractivity contribution in [3.63, 3.8) is 0 Å². The predicted octanol–water partition coefficient (Wildman–Crippen LogP) is 7.42. The van der Waals surface area contributed by atoms with Crippen LogP contribution in [0.1, 0.15) is 0 Å². The van der Waals surface area contributed by atoms with Gasteiger partial charge in [0, 0.05) is 26.3 Å². The second kappa shape index (κ2) is 6.15. The predicted molar refractivity (Wildman–Crippen MR) is 114 cm³/mol. The lowest BCUT2D eigenvalue weighted by Crippen LogP contribution is -1.84. The highest BCUT2D eigenvalue weighted by atomic mass is 79.9. The van der Waals surface area contributed by atoms with E-state index in [2.05, 4.69) is 106 Å². The van der Waals surface area contributed by atoms with E-state index >= 15 is 0 Å². The standard InChI is InChI=1S/C24H16BrN/c25-22-15-17(13-14-18(22)16-7-2-1-3-8-16)19-10-6-11-21-20-9-4-5-12-23(20)26-24(19)21/h1-15,26H. The van der Waals surface area contributed by atoms with Gasteiger partial charge in [0.2, 0.25) is 0 Å². The summed E-state index contributed by atoms with van der Waals surface area (Å²) in [7, 11) is 0. The van der Waals surface area contributed by atoms with Crippen LogP contribution in [0.25, 0.3) is 44.1 Å². The van der Waals surface area contributed by atoms with Gasteiger partial charge < -0.3 is 4.98 Å². The van der Waals surface area contributed by atoms with E-state index in [1.807, 2.05) is 6.07 Å². The molecule has 0 amide bonds. The van der Waals surface area contributed by atoms with E-state index in [9.17, 15) is 0 Å². The molecular formula is C24H16BrN. The first kappa shape index (κ1) is 15.4. The van der Waals surface area contributed by atoms with Crippen LogP contribution >= 0.6 is 15.9 Å². The van der Waals surface area contributed by atoms with E-state index in [4.69, 9.17) is 0 Å². The Hall–Kier alpha value is -2.84. The second-order valence-electron chi connectivity index (χ2n) is 6.46. The summed E-state index contributed by atoms with van der Waals surface area (Å²) < 4.78 is 1.11. The van der Waals surface area contributed by atoms with Crippen molar-refractivity contribution in [3.8, 4) is 22.3 Å². The molecule has 0 saturated heterocycles. The van der Waals surface area contributed by atoms with E-state index in [0.29, 0.717) is 0 Å². The topological polar surface area (TPSA) is 15.8 Å². The molecule has 0 bridgehead atoms. The number of halogens is 1. The molecule has 0 aliphatic rings. The number of fused-ring (bicyclic) bond motifs is 3. The molecule has 0 aliphatic heterocycles. The molecule has 124 valence electrons. The molecule has 5 rings (SSSR count). The van der Waals surface area contributed by atoms with Gasteiger partial charge in [-0.05, 0) is 28.8 Å². The molecule has 1 N–H and O–H groups in total. The number of hydrogen-bond donors (Lipinski definition) is 1. The van der Waals surface area contributed by atoms with Gasteiger partial charge in [-0.15, -0.1) is 0 Å². The molecule has 0 spiro atoms. The highest BCUT2D eigenvalue weighted by molar-refractivity contribution is 9.10. The van der Waals surface area contributed by atoms with Crippen molar-refractivity contribution in [1.82, 2.24) is 4.98 Å². The monoisotopic (exact) mass is 397 g/mol. The van der Waals surface area contributed by atoms with E-state index in [1.165, 1.54) is 44.1 Å². The van der Waals surface area contributed by atoms with E-state index < -0.39 is 0 Å². The van der Waals surface area contributed by atoms with Crippen molar-refractivity contribution in [1.29, 1.82) is 0 Å². The average molecular weight is 398 g/mol. The Labute approximate surface area is 160 Å². The number of H-pyrrole nitrogens is 1. The average Bonchev–Trinajstić information content (AvgIpc) is 3.07. The van der Waals surface area contributed by atoms with Gasteiger partial charge in [-0.25, -0.2) is 0 Å². The van der Waals surface area contributed by atoms with Gasteiger partial charge in [0.15, 0.2) is 0 Å². The first-order valence-corrected chi connectivity index (χ1v) is 9.45. The zero-order valence-corrected chi connectivity index (χ0v) is 15.6. The summed E-state index contributed by atoms with van der Waals surface area (Å²) in [6.07, 6.45) is 0. The normalized spacial score (nSPS) is 11.3. The SMILES string of the molecule is Brc1cc(-c2cccc3c2[nH]c2ccccc23)ccc1-c1ccccc1. The third-order valence-electron chi connectivity index (χ3n) is 4.91. The van der Waals surface area contributed by atoms with Crippen LogP contribution in [0.3, 0.4) is 0 Å². The molecule has 5 aromatic rings. The lowest BCUT2D eigenvalue weighted by molar-refractivity contribution is 1.52. The zero-order chi connectivity index (χ0) is 17.5. The van der Waals surface area contributed by atoms with Gasteiger partial charge in [-0.3, -0.25) is 0 Å². The fraction of sp³-hybridized carbons (Fsp3) is 0. The van der Waals surface area contributed by atoms with Gasteiger partial charge in [-0.1, -0.05) is 94.8 Å². The van der Waals surface area contributed by atoms with Gasteiger partial charge in [0.25, 0.3) is 0 Å². The first-order chi connectivity index (χ1) is 12.8. The summed E-state index contributed by atoms with van der Waals surface area (Å²) in [6.45, 7) is 0. The van der Waals surface area contributed by atoms with Crippen LogP contribution in [0.4, 0.5) is 0 Å². The fourth-order valence-electron chi connectivity index (χ4n) is 3.65. The molecule has 4 aromatic carbocycles. The molecule has 1 nitrogen and oxygen atoms in total. The summed E-state index contributed by atoms with van der Waals surface area (Å²) in [6, 6.07) is 32.0. The molecule has 0 saturated carbocycles. The number of aromatic nitrogens is 1. The Kier molecular flexibility index (Phi) is 3.65. The number of para-hydroxylation sites is 2. The van der Waals surface area contributed by atoms with Crippen LogP contribution in [0.5, 0.6) is 0 Å². The lowest BCUT2D eigenvalue weighted by Gasteiger charge is -2.09. The van der Waals surface area contributed by atoms with Crippen LogP contribution in [-0.2, 0) is 0 Å². The number of benzene rings is 4. The van der Waals surface area contributed by atoms with Crippen LogP contribution in [-0.4, -0.2) is 4.98 Å². The van der Waals surface area contributed by atoms with Gasteiger partial charge in [0.05, 0.1) is 5.52 Å². The third-order valence-corrected chi connectivity index (χ3v) is 5.56. The van der Waals surface area contributed by atoms with Crippen molar-refractivity contribution in [2.24, 2.45) is 0 Å². The Bertz CT molecular complexity index is 1240. The summed E-state index contributed by atoms with van der Waals surface area (Å²) in [5, 5.41) is 2.53. The van der Waals surface area contributed by atoms with Crippen molar-refractivity contribution in [2.45, 2.75) is 0 Å².